The van der Waals surface area contributed by atoms with E-state index in [0.717, 1.165) is 0 Å². The van der Waals surface area contributed by atoms with Gasteiger partial charge in [0.2, 0.25) is 35.4 Å². The van der Waals surface area contributed by atoms with Crippen molar-refractivity contribution in [2.75, 3.05) is 13.1 Å². The Kier molecular flexibility index (Phi) is 15.0. The minimum Gasteiger partial charge on any atom is -0.508 e. The zero-order chi connectivity index (χ0) is 40.9. The van der Waals surface area contributed by atoms with Gasteiger partial charge >= 0.3 is 5.97 Å². The van der Waals surface area contributed by atoms with Gasteiger partial charge in [-0.05, 0) is 44.4 Å². The molecule has 56 heavy (non-hydrogen) atoms. The largest absolute Gasteiger partial charge is 0.508 e. The number of rotatable bonds is 19. The number of H-pyrrole nitrogens is 2. The van der Waals surface area contributed by atoms with Gasteiger partial charge in [0.1, 0.15) is 42.0 Å². The third kappa shape index (κ3) is 12.1. The van der Waals surface area contributed by atoms with Crippen LogP contribution < -0.4 is 32.3 Å². The summed E-state index contributed by atoms with van der Waals surface area (Å²) >= 11 is 0. The normalized spacial score (nSPS) is 17.0. The highest BCUT2D eigenvalue weighted by Gasteiger charge is 2.39. The molecule has 21 nitrogen and oxygen atoms in total. The lowest BCUT2D eigenvalue weighted by atomic mass is 10.0. The molecule has 6 amide bonds. The number of aromatic nitrogens is 4. The summed E-state index contributed by atoms with van der Waals surface area (Å²) in [5.41, 5.74) is 7.29. The molecule has 3 aromatic rings. The van der Waals surface area contributed by atoms with Crippen molar-refractivity contribution in [3.63, 3.8) is 0 Å². The lowest BCUT2D eigenvalue weighted by Gasteiger charge is -2.29. The first kappa shape index (κ1) is 42.4. The average Bonchev–Trinajstić information content (AvgIpc) is 3.97. The number of phenols is 1. The predicted octanol–water partition coefficient (Wildman–Crippen LogP) is -3.27. The Hall–Kier alpha value is -6.35. The number of nitrogens with two attached hydrogens (primary N) is 1. The summed E-state index contributed by atoms with van der Waals surface area (Å²) < 4.78 is 0. The Morgan fingerprint density at radius 1 is 0.839 bits per heavy atom. The van der Waals surface area contributed by atoms with Crippen molar-refractivity contribution in [2.24, 2.45) is 5.73 Å². The molecule has 1 aromatic carbocycles. The van der Waals surface area contributed by atoms with Gasteiger partial charge in [0, 0.05) is 49.6 Å². The zero-order valence-electron chi connectivity index (χ0n) is 30.7. The van der Waals surface area contributed by atoms with Crippen molar-refractivity contribution in [3.05, 3.63) is 66.3 Å². The van der Waals surface area contributed by atoms with E-state index in [-0.39, 0.29) is 31.6 Å². The maximum atomic E-state index is 13.5. The van der Waals surface area contributed by atoms with E-state index in [0.29, 0.717) is 29.8 Å². The first-order valence-electron chi connectivity index (χ1n) is 17.8. The number of likely N-dealkylation sites (tertiary alicyclic amines) is 1. The molecular formula is C35H47N11O10. The Morgan fingerprint density at radius 3 is 2.02 bits per heavy atom. The van der Waals surface area contributed by atoms with Crippen molar-refractivity contribution >= 4 is 41.4 Å². The smallest absolute Gasteiger partial charge is 0.326 e. The number of aliphatic carboxylic acids is 1. The first-order valence-corrected chi connectivity index (χ1v) is 17.8. The van der Waals surface area contributed by atoms with Gasteiger partial charge in [-0.25, -0.2) is 14.8 Å². The summed E-state index contributed by atoms with van der Waals surface area (Å²) in [6, 6.07) is -1.53. The number of carboxylic acids is 1. The van der Waals surface area contributed by atoms with Crippen LogP contribution in [0, 0.1) is 0 Å². The molecular weight excluding hydrogens is 734 g/mol. The second kappa shape index (κ2) is 19.8. The van der Waals surface area contributed by atoms with Crippen LogP contribution in [0.5, 0.6) is 5.75 Å². The van der Waals surface area contributed by atoms with Gasteiger partial charge in [-0.3, -0.25) is 28.8 Å². The molecule has 12 N–H and O–H groups in total. The highest BCUT2D eigenvalue weighted by atomic mass is 16.4. The number of imidazole rings is 2. The van der Waals surface area contributed by atoms with Crippen LogP contribution in [0.2, 0.25) is 0 Å². The van der Waals surface area contributed by atoms with E-state index in [1.807, 2.05) is 0 Å². The number of aliphatic hydroxyl groups is 1. The lowest BCUT2D eigenvalue weighted by Crippen LogP contribution is -2.58. The number of amides is 6. The fourth-order valence-corrected chi connectivity index (χ4v) is 5.90. The number of carbonyl (C=O) groups is 7. The summed E-state index contributed by atoms with van der Waals surface area (Å²) in [5.74, 6) is -5.81. The van der Waals surface area contributed by atoms with E-state index in [1.54, 1.807) is 0 Å². The lowest BCUT2D eigenvalue weighted by molar-refractivity contribution is -0.142. The standard InChI is InChI=1S/C35H47N11O10/c1-18(30(50)45-26(35(55)56)12-22-14-38-17-41-22)42-32(52)24(10-20-5-7-23(48)8-6-20)43-28(49)15-39-31(51)25(11-21-13-37-16-40-21)44-33(53)27-4-3-9-46(27)34(54)29(36)19(2)47/h5-8,13-14,16-19,24-27,29,47-48H,3-4,9-12,15,36H2,1-2H3,(H,37,40)(H,38,41)(H,39,51)(H,42,52)(H,43,49)(H,44,53)(H,45,50)(H,55,56)/t18-,19+,24-,25-,26-,27-,29-/m0/s1. The molecule has 1 aliphatic heterocycles. The van der Waals surface area contributed by atoms with Crippen molar-refractivity contribution in [1.29, 1.82) is 0 Å². The maximum Gasteiger partial charge on any atom is 0.326 e. The predicted molar refractivity (Wildman–Crippen MR) is 195 cm³/mol. The molecule has 1 saturated heterocycles. The summed E-state index contributed by atoms with van der Waals surface area (Å²) in [7, 11) is 0. The number of carbonyl (C=O) groups excluding carboxylic acids is 6. The summed E-state index contributed by atoms with van der Waals surface area (Å²) in [6.45, 7) is 2.28. The Bertz CT molecular complexity index is 1820. The van der Waals surface area contributed by atoms with Crippen molar-refractivity contribution in [2.45, 2.75) is 88.3 Å². The van der Waals surface area contributed by atoms with Crippen molar-refractivity contribution in [3.8, 4) is 5.75 Å². The molecule has 0 bridgehead atoms. The molecule has 2 aromatic heterocycles. The molecule has 0 aliphatic carbocycles. The van der Waals surface area contributed by atoms with Crippen LogP contribution in [0.1, 0.15) is 43.6 Å². The number of carboxylic acid groups (broad SMARTS) is 1. The number of nitrogens with zero attached hydrogens (tertiary/aromatic N) is 3. The molecule has 21 heteroatoms. The van der Waals surface area contributed by atoms with Crippen LogP contribution in [0.3, 0.4) is 0 Å². The topological polar surface area (TPSA) is 327 Å². The van der Waals surface area contributed by atoms with E-state index in [9.17, 15) is 48.9 Å². The molecule has 0 saturated carbocycles. The number of aliphatic hydroxyl groups excluding tert-OH is 1. The van der Waals surface area contributed by atoms with Crippen LogP contribution >= 0.6 is 0 Å². The molecule has 1 aliphatic rings. The molecule has 0 radical (unpaired) electrons. The van der Waals surface area contributed by atoms with Crippen LogP contribution in [0.25, 0.3) is 0 Å². The summed E-state index contributed by atoms with van der Waals surface area (Å²) in [4.78, 5) is 106. The van der Waals surface area contributed by atoms with Gasteiger partial charge in [-0.2, -0.15) is 0 Å². The zero-order valence-corrected chi connectivity index (χ0v) is 30.7. The fraction of sp³-hybridized carbons (Fsp3) is 0.457. The first-order chi connectivity index (χ1) is 26.6. The van der Waals surface area contributed by atoms with Gasteiger partial charge in [0.25, 0.3) is 0 Å². The van der Waals surface area contributed by atoms with Crippen LogP contribution in [0.4, 0.5) is 0 Å². The number of aromatic hydroxyl groups is 1. The van der Waals surface area contributed by atoms with E-state index in [2.05, 4.69) is 46.5 Å². The minimum atomic E-state index is -1.34. The minimum absolute atomic E-state index is 0.0396. The monoisotopic (exact) mass is 781 g/mol. The van der Waals surface area contributed by atoms with E-state index >= 15 is 0 Å². The Labute approximate surface area is 320 Å². The molecule has 0 unspecified atom stereocenters. The highest BCUT2D eigenvalue weighted by molar-refractivity contribution is 5.96. The summed E-state index contributed by atoms with van der Waals surface area (Å²) in [6.07, 6.45) is 4.95. The Morgan fingerprint density at radius 2 is 1.45 bits per heavy atom. The van der Waals surface area contributed by atoms with Gasteiger partial charge < -0.3 is 62.5 Å². The van der Waals surface area contributed by atoms with Gasteiger partial charge in [-0.15, -0.1) is 0 Å². The third-order valence-electron chi connectivity index (χ3n) is 9.05. The highest BCUT2D eigenvalue weighted by Crippen LogP contribution is 2.19. The number of hydrogen-bond acceptors (Lipinski definition) is 12. The molecule has 4 rings (SSSR count). The summed E-state index contributed by atoms with van der Waals surface area (Å²) in [5, 5.41) is 41.6. The molecule has 1 fully saturated rings. The molecule has 7 atom stereocenters. The van der Waals surface area contributed by atoms with Crippen molar-refractivity contribution in [1.82, 2.24) is 51.4 Å². The maximum absolute atomic E-state index is 13.5. The second-order valence-electron chi connectivity index (χ2n) is 13.4. The van der Waals surface area contributed by atoms with Gasteiger partial charge in [0.05, 0.1) is 25.3 Å². The number of phenolic OH excluding ortho intramolecular Hbond substituents is 1. The third-order valence-corrected chi connectivity index (χ3v) is 9.05. The van der Waals surface area contributed by atoms with Gasteiger partial charge in [0.15, 0.2) is 0 Å². The van der Waals surface area contributed by atoms with Crippen LogP contribution in [-0.4, -0.2) is 137 Å². The fourth-order valence-electron chi connectivity index (χ4n) is 5.90. The van der Waals surface area contributed by atoms with E-state index in [1.165, 1.54) is 68.1 Å². The number of aromatic amines is 2. The van der Waals surface area contributed by atoms with E-state index < -0.39 is 90.3 Å². The molecule has 302 valence electrons. The molecule has 3 heterocycles. The number of benzene rings is 1. The second-order valence-corrected chi connectivity index (χ2v) is 13.4. The van der Waals surface area contributed by atoms with Crippen molar-refractivity contribution < 1.29 is 48.9 Å². The quantitative estimate of drug-likeness (QED) is 0.0570. The van der Waals surface area contributed by atoms with Crippen LogP contribution in [0.15, 0.2) is 49.3 Å². The molecule has 0 spiro atoms. The number of hydrogen-bond donors (Lipinski definition) is 11. The SMILES string of the molecule is C[C@H](NC(=O)[C@H](Cc1ccc(O)cc1)NC(=O)CNC(=O)[C@H](Cc1cnc[nH]1)NC(=O)[C@@H]1CCCN1C(=O)[C@@H](N)[C@@H](C)O)C(=O)N[C@@H](Cc1cnc[nH]1)C(=O)O. The van der Waals surface area contributed by atoms with Crippen LogP contribution in [-0.2, 0) is 52.8 Å². The average molecular weight is 782 g/mol. The number of nitrogens with one attached hydrogen (secondary N) is 7. The Balaban J connectivity index is 1.41. The van der Waals surface area contributed by atoms with Gasteiger partial charge in [-0.1, -0.05) is 12.1 Å². The van der Waals surface area contributed by atoms with E-state index in [4.69, 9.17) is 5.73 Å².